The van der Waals surface area contributed by atoms with E-state index < -0.39 is 0 Å². The van der Waals surface area contributed by atoms with Crippen LogP contribution in [0.3, 0.4) is 0 Å². The van der Waals surface area contributed by atoms with Gasteiger partial charge in [-0.15, -0.1) is 10.2 Å². The zero-order chi connectivity index (χ0) is 13.8. The first-order valence-corrected chi connectivity index (χ1v) is 7.22. The summed E-state index contributed by atoms with van der Waals surface area (Å²) in [6.07, 6.45) is 1.72. The molecule has 0 aliphatic carbocycles. The zero-order valence-electron chi connectivity index (χ0n) is 11.8. The third kappa shape index (κ3) is 3.81. The zero-order valence-corrected chi connectivity index (χ0v) is 12.7. The third-order valence-electron chi connectivity index (χ3n) is 2.82. The minimum absolute atomic E-state index is 0.507. The predicted octanol–water partition coefficient (Wildman–Crippen LogP) is 2.77. The van der Waals surface area contributed by atoms with E-state index in [1.165, 1.54) is 16.0 Å². The van der Waals surface area contributed by atoms with Crippen LogP contribution in [0.5, 0.6) is 0 Å². The lowest BCUT2D eigenvalue weighted by atomic mass is 10.1. The van der Waals surface area contributed by atoms with Crippen LogP contribution in [-0.4, -0.2) is 20.8 Å². The lowest BCUT2D eigenvalue weighted by molar-refractivity contribution is 0.588. The summed E-state index contributed by atoms with van der Waals surface area (Å²) in [5.74, 6) is 0. The molecule has 0 bridgehead atoms. The Morgan fingerprint density at radius 2 is 2.16 bits per heavy atom. The number of nitrogens with one attached hydrogen (secondary N) is 1. The average molecular weight is 276 g/mol. The molecule has 1 N–H and O–H groups in total. The van der Waals surface area contributed by atoms with Gasteiger partial charge in [-0.2, -0.15) is 0 Å². The summed E-state index contributed by atoms with van der Waals surface area (Å²) < 4.78 is 1.93. The normalized spacial score (nSPS) is 11.2. The molecule has 0 saturated carbocycles. The number of aromatic nitrogens is 3. The monoisotopic (exact) mass is 276 g/mol. The van der Waals surface area contributed by atoms with Gasteiger partial charge in [0.2, 0.25) is 0 Å². The standard InChI is InChI=1S/C14H20N4S/c1-10(2)15-8-12-5-6-13(11(3)7-12)19-14-17-16-9-18(14)4/h5-7,9-10,15H,8H2,1-4H3. The van der Waals surface area contributed by atoms with Crippen molar-refractivity contribution < 1.29 is 0 Å². The minimum atomic E-state index is 0.507. The lowest BCUT2D eigenvalue weighted by Crippen LogP contribution is -2.21. The molecule has 0 aliphatic rings. The highest BCUT2D eigenvalue weighted by Gasteiger charge is 2.07. The maximum atomic E-state index is 4.10. The fourth-order valence-electron chi connectivity index (χ4n) is 1.72. The Labute approximate surface area is 118 Å². The number of hydrogen-bond donors (Lipinski definition) is 1. The molecule has 0 amide bonds. The van der Waals surface area contributed by atoms with Crippen molar-refractivity contribution in [2.45, 2.75) is 43.4 Å². The molecule has 1 aromatic carbocycles. The van der Waals surface area contributed by atoms with Crippen LogP contribution in [0.1, 0.15) is 25.0 Å². The Kier molecular flexibility index (Phi) is 4.61. The van der Waals surface area contributed by atoms with Gasteiger partial charge < -0.3 is 9.88 Å². The Balaban J connectivity index is 2.09. The molecular weight excluding hydrogens is 256 g/mol. The van der Waals surface area contributed by atoms with Crippen LogP contribution in [-0.2, 0) is 13.6 Å². The topological polar surface area (TPSA) is 42.7 Å². The van der Waals surface area contributed by atoms with Gasteiger partial charge in [0.15, 0.2) is 5.16 Å². The highest BCUT2D eigenvalue weighted by molar-refractivity contribution is 7.99. The number of rotatable bonds is 5. The van der Waals surface area contributed by atoms with E-state index in [2.05, 4.69) is 54.5 Å². The van der Waals surface area contributed by atoms with E-state index in [4.69, 9.17) is 0 Å². The fraction of sp³-hybridized carbons (Fsp3) is 0.429. The summed E-state index contributed by atoms with van der Waals surface area (Å²) in [4.78, 5) is 1.23. The van der Waals surface area contributed by atoms with E-state index in [0.29, 0.717) is 6.04 Å². The van der Waals surface area contributed by atoms with Crippen LogP contribution in [0.15, 0.2) is 34.6 Å². The second kappa shape index (κ2) is 6.21. The van der Waals surface area contributed by atoms with Gasteiger partial charge in [0, 0.05) is 24.5 Å². The molecule has 19 heavy (non-hydrogen) atoms. The number of nitrogens with zero attached hydrogens (tertiary/aromatic N) is 3. The van der Waals surface area contributed by atoms with E-state index in [0.717, 1.165) is 11.7 Å². The molecule has 5 heteroatoms. The van der Waals surface area contributed by atoms with Crippen LogP contribution in [0.25, 0.3) is 0 Å². The molecule has 0 saturated heterocycles. The molecule has 0 atom stereocenters. The van der Waals surface area contributed by atoms with Crippen molar-refractivity contribution >= 4 is 11.8 Å². The van der Waals surface area contributed by atoms with Crippen molar-refractivity contribution in [3.05, 3.63) is 35.7 Å². The van der Waals surface area contributed by atoms with E-state index in [9.17, 15) is 0 Å². The van der Waals surface area contributed by atoms with Crippen LogP contribution >= 0.6 is 11.8 Å². The summed E-state index contributed by atoms with van der Waals surface area (Å²) in [5.41, 5.74) is 2.59. The molecule has 4 nitrogen and oxygen atoms in total. The predicted molar refractivity (Wildman–Crippen MR) is 78.3 cm³/mol. The molecule has 0 fully saturated rings. The van der Waals surface area contributed by atoms with Crippen molar-refractivity contribution in [1.29, 1.82) is 0 Å². The maximum Gasteiger partial charge on any atom is 0.195 e. The molecule has 0 aliphatic heterocycles. The van der Waals surface area contributed by atoms with Crippen molar-refractivity contribution in [3.63, 3.8) is 0 Å². The minimum Gasteiger partial charge on any atom is -0.311 e. The molecule has 1 aromatic heterocycles. The summed E-state index contributed by atoms with van der Waals surface area (Å²) in [6.45, 7) is 7.36. The van der Waals surface area contributed by atoms with E-state index in [1.807, 2.05) is 11.6 Å². The van der Waals surface area contributed by atoms with E-state index >= 15 is 0 Å². The van der Waals surface area contributed by atoms with E-state index in [1.54, 1.807) is 18.1 Å². The molecule has 102 valence electrons. The van der Waals surface area contributed by atoms with Gasteiger partial charge >= 0.3 is 0 Å². The summed E-state index contributed by atoms with van der Waals surface area (Å²) in [5, 5.41) is 12.3. The molecule has 1 heterocycles. The van der Waals surface area contributed by atoms with E-state index in [-0.39, 0.29) is 0 Å². The van der Waals surface area contributed by atoms with Crippen LogP contribution in [0.2, 0.25) is 0 Å². The third-order valence-corrected chi connectivity index (χ3v) is 4.06. The maximum absolute atomic E-state index is 4.10. The summed E-state index contributed by atoms with van der Waals surface area (Å²) in [7, 11) is 1.96. The first kappa shape index (κ1) is 14.1. The van der Waals surface area contributed by atoms with Gasteiger partial charge in [-0.25, -0.2) is 0 Å². The molecule has 0 spiro atoms. The average Bonchev–Trinajstić information content (AvgIpc) is 2.75. The first-order valence-electron chi connectivity index (χ1n) is 6.41. The van der Waals surface area contributed by atoms with Gasteiger partial charge in [-0.3, -0.25) is 0 Å². The molecule has 2 aromatic rings. The highest BCUT2D eigenvalue weighted by Crippen LogP contribution is 2.28. The summed E-state index contributed by atoms with van der Waals surface area (Å²) in [6, 6.07) is 7.06. The molecule has 0 radical (unpaired) electrons. The van der Waals surface area contributed by atoms with Gasteiger partial charge in [-0.1, -0.05) is 26.0 Å². The lowest BCUT2D eigenvalue weighted by Gasteiger charge is -2.10. The molecule has 2 rings (SSSR count). The molecular formula is C14H20N4S. The quantitative estimate of drug-likeness (QED) is 0.912. The Morgan fingerprint density at radius 1 is 1.37 bits per heavy atom. The number of benzene rings is 1. The van der Waals surface area contributed by atoms with Crippen molar-refractivity contribution in [2.24, 2.45) is 7.05 Å². The summed E-state index contributed by atoms with van der Waals surface area (Å²) >= 11 is 1.65. The SMILES string of the molecule is Cc1cc(CNC(C)C)ccc1Sc1nncn1C. The Morgan fingerprint density at radius 3 is 2.74 bits per heavy atom. The smallest absolute Gasteiger partial charge is 0.195 e. The fourth-order valence-corrected chi connectivity index (χ4v) is 2.55. The van der Waals surface area contributed by atoms with Crippen molar-refractivity contribution in [2.75, 3.05) is 0 Å². The second-order valence-electron chi connectivity index (χ2n) is 4.96. The van der Waals surface area contributed by atoms with Crippen LogP contribution in [0, 0.1) is 6.92 Å². The van der Waals surface area contributed by atoms with Crippen LogP contribution in [0.4, 0.5) is 0 Å². The van der Waals surface area contributed by atoms with Gasteiger partial charge in [-0.05, 0) is 35.9 Å². The Bertz CT molecular complexity index is 548. The molecule has 0 unspecified atom stereocenters. The van der Waals surface area contributed by atoms with Crippen LogP contribution < -0.4 is 5.32 Å². The Hall–Kier alpha value is -1.33. The van der Waals surface area contributed by atoms with Gasteiger partial charge in [0.1, 0.15) is 6.33 Å². The second-order valence-corrected chi connectivity index (χ2v) is 5.97. The van der Waals surface area contributed by atoms with Crippen molar-refractivity contribution in [3.8, 4) is 0 Å². The number of hydrogen-bond acceptors (Lipinski definition) is 4. The van der Waals surface area contributed by atoms with Gasteiger partial charge in [0.25, 0.3) is 0 Å². The van der Waals surface area contributed by atoms with Crippen molar-refractivity contribution in [1.82, 2.24) is 20.1 Å². The number of aryl methyl sites for hydroxylation is 2. The highest BCUT2D eigenvalue weighted by atomic mass is 32.2. The largest absolute Gasteiger partial charge is 0.311 e. The van der Waals surface area contributed by atoms with Gasteiger partial charge in [0.05, 0.1) is 0 Å². The first-order chi connectivity index (χ1) is 9.06.